The molecule has 0 saturated heterocycles. The monoisotopic (exact) mass is 438 g/mol. The molecule has 1 aliphatic rings. The van der Waals surface area contributed by atoms with Crippen LogP contribution in [0.5, 0.6) is 0 Å². The fourth-order valence-electron chi connectivity index (χ4n) is 3.25. The summed E-state index contributed by atoms with van der Waals surface area (Å²) in [5, 5.41) is 29.2. The maximum Gasteiger partial charge on any atom is 0.243 e. The van der Waals surface area contributed by atoms with Crippen molar-refractivity contribution in [1.29, 1.82) is 0 Å². The normalized spacial score (nSPS) is 13.4. The molecule has 1 amide bonds. The van der Waals surface area contributed by atoms with Crippen LogP contribution in [0.4, 0.5) is 22.7 Å². The second kappa shape index (κ2) is 8.68. The number of unbranched alkanes of at least 4 members (excludes halogenated alkanes) is 1. The highest BCUT2D eigenvalue weighted by molar-refractivity contribution is 7.13. The number of hydrogen-bond donors (Lipinski definition) is 4. The quantitative estimate of drug-likeness (QED) is 0.277. The Morgan fingerprint density at radius 3 is 3.10 bits per heavy atom. The lowest BCUT2D eigenvalue weighted by molar-refractivity contribution is -0.116. The van der Waals surface area contributed by atoms with Crippen molar-refractivity contribution in [3.8, 4) is 0 Å². The van der Waals surface area contributed by atoms with Crippen LogP contribution in [0.1, 0.15) is 43.7 Å². The van der Waals surface area contributed by atoms with E-state index < -0.39 is 0 Å². The third-order valence-corrected chi connectivity index (χ3v) is 5.58. The van der Waals surface area contributed by atoms with Crippen LogP contribution in [-0.2, 0) is 4.79 Å². The number of carbonyl (C=O) groups excluding carboxylic acids is 1. The highest BCUT2D eigenvalue weighted by atomic mass is 32.1. The van der Waals surface area contributed by atoms with E-state index in [-0.39, 0.29) is 5.91 Å². The number of aromatic nitrogens is 7. The van der Waals surface area contributed by atoms with Crippen LogP contribution in [0.3, 0.4) is 0 Å². The van der Waals surface area contributed by atoms with Gasteiger partial charge in [0.05, 0.1) is 0 Å². The van der Waals surface area contributed by atoms with E-state index in [2.05, 4.69) is 46.4 Å². The first-order valence-electron chi connectivity index (χ1n) is 10.2. The van der Waals surface area contributed by atoms with Crippen LogP contribution in [-0.4, -0.2) is 47.4 Å². The van der Waals surface area contributed by atoms with Gasteiger partial charge in [-0.3, -0.25) is 9.89 Å². The minimum atomic E-state index is -0.0576. The molecule has 4 N–H and O–H groups in total. The van der Waals surface area contributed by atoms with Gasteiger partial charge in [0, 0.05) is 36.8 Å². The SMILES string of the molecule is O=C(CCCCNc1nc(Nc2cc(C3CC3)[nH]n2)c2cccn2n1)Nc1nncs1. The Hall–Kier alpha value is -3.54. The lowest BCUT2D eigenvalue weighted by Gasteiger charge is -2.09. The summed E-state index contributed by atoms with van der Waals surface area (Å²) in [6.45, 7) is 0.659. The predicted octanol–water partition coefficient (Wildman–Crippen LogP) is 3.15. The molecule has 31 heavy (non-hydrogen) atoms. The molecule has 0 radical (unpaired) electrons. The number of nitrogens with zero attached hydrogens (tertiary/aromatic N) is 6. The van der Waals surface area contributed by atoms with Gasteiger partial charge in [-0.15, -0.1) is 15.3 Å². The zero-order chi connectivity index (χ0) is 21.0. The Bertz CT molecular complexity index is 1160. The van der Waals surface area contributed by atoms with E-state index in [1.54, 1.807) is 10.0 Å². The summed E-state index contributed by atoms with van der Waals surface area (Å²) in [4.78, 5) is 16.5. The Morgan fingerprint density at radius 2 is 2.26 bits per heavy atom. The lowest BCUT2D eigenvalue weighted by atomic mass is 10.2. The number of H-pyrrole nitrogens is 1. The summed E-state index contributed by atoms with van der Waals surface area (Å²) in [6, 6.07) is 5.92. The van der Waals surface area contributed by atoms with Gasteiger partial charge in [0.25, 0.3) is 0 Å². The zero-order valence-corrected chi connectivity index (χ0v) is 17.5. The minimum absolute atomic E-state index is 0.0576. The topological polar surface area (TPSA) is 138 Å². The van der Waals surface area contributed by atoms with Gasteiger partial charge >= 0.3 is 0 Å². The molecule has 0 unspecified atom stereocenters. The summed E-state index contributed by atoms with van der Waals surface area (Å²) >= 11 is 1.30. The molecular formula is C19H22N10OS. The summed E-state index contributed by atoms with van der Waals surface area (Å²) in [7, 11) is 0. The first-order valence-corrected chi connectivity index (χ1v) is 11.1. The first kappa shape index (κ1) is 19.4. The molecule has 4 heterocycles. The van der Waals surface area contributed by atoms with Crippen LogP contribution >= 0.6 is 11.3 Å². The molecule has 12 heteroatoms. The van der Waals surface area contributed by atoms with Gasteiger partial charge in [0.2, 0.25) is 17.0 Å². The van der Waals surface area contributed by atoms with Crippen LogP contribution in [0.15, 0.2) is 29.9 Å². The average Bonchev–Trinajstić information content (AvgIpc) is 3.13. The molecule has 0 bridgehead atoms. The Kier molecular flexibility index (Phi) is 5.44. The van der Waals surface area contributed by atoms with E-state index >= 15 is 0 Å². The van der Waals surface area contributed by atoms with E-state index in [1.165, 1.54) is 24.2 Å². The van der Waals surface area contributed by atoms with E-state index in [9.17, 15) is 4.79 Å². The Labute approximate surface area is 181 Å². The van der Waals surface area contributed by atoms with Gasteiger partial charge < -0.3 is 16.0 Å². The number of amides is 1. The van der Waals surface area contributed by atoms with Crippen LogP contribution in [0, 0.1) is 0 Å². The minimum Gasteiger partial charge on any atom is -0.353 e. The molecule has 0 spiro atoms. The molecule has 160 valence electrons. The van der Waals surface area contributed by atoms with Crippen molar-refractivity contribution in [3.05, 3.63) is 35.6 Å². The van der Waals surface area contributed by atoms with Gasteiger partial charge in [-0.25, -0.2) is 4.52 Å². The summed E-state index contributed by atoms with van der Waals surface area (Å²) in [5.41, 5.74) is 3.62. The van der Waals surface area contributed by atoms with E-state index in [4.69, 9.17) is 0 Å². The summed E-state index contributed by atoms with van der Waals surface area (Å²) < 4.78 is 1.78. The molecule has 0 aromatic carbocycles. The third-order valence-electron chi connectivity index (χ3n) is 4.97. The number of hydrogen-bond acceptors (Lipinski definition) is 9. The molecule has 4 aromatic rings. The van der Waals surface area contributed by atoms with Crippen molar-refractivity contribution >= 4 is 45.5 Å². The van der Waals surface area contributed by atoms with Crippen LogP contribution < -0.4 is 16.0 Å². The fourth-order valence-corrected chi connectivity index (χ4v) is 3.71. The number of anilines is 4. The maximum absolute atomic E-state index is 11.9. The zero-order valence-electron chi connectivity index (χ0n) is 16.7. The largest absolute Gasteiger partial charge is 0.353 e. The predicted molar refractivity (Wildman–Crippen MR) is 118 cm³/mol. The average molecular weight is 439 g/mol. The number of rotatable bonds is 10. The molecule has 1 aliphatic carbocycles. The van der Waals surface area contributed by atoms with Crippen molar-refractivity contribution in [2.45, 2.75) is 38.0 Å². The second-order valence-electron chi connectivity index (χ2n) is 7.41. The van der Waals surface area contributed by atoms with Gasteiger partial charge in [-0.1, -0.05) is 11.3 Å². The summed E-state index contributed by atoms with van der Waals surface area (Å²) in [6.07, 6.45) is 6.29. The van der Waals surface area contributed by atoms with Gasteiger partial charge in [0.15, 0.2) is 11.6 Å². The molecule has 4 aromatic heterocycles. The Balaban J connectivity index is 1.15. The number of nitrogens with one attached hydrogen (secondary N) is 4. The molecule has 11 nitrogen and oxygen atoms in total. The lowest BCUT2D eigenvalue weighted by Crippen LogP contribution is -2.13. The van der Waals surface area contributed by atoms with Gasteiger partial charge in [-0.2, -0.15) is 10.1 Å². The van der Waals surface area contributed by atoms with Crippen molar-refractivity contribution in [2.75, 3.05) is 22.5 Å². The van der Waals surface area contributed by atoms with E-state index in [1.807, 2.05) is 24.4 Å². The van der Waals surface area contributed by atoms with Crippen molar-refractivity contribution in [1.82, 2.24) is 35.0 Å². The third kappa shape index (κ3) is 4.79. The van der Waals surface area contributed by atoms with Crippen molar-refractivity contribution < 1.29 is 4.79 Å². The molecular weight excluding hydrogens is 416 g/mol. The fraction of sp³-hybridized carbons (Fsp3) is 0.368. The first-order chi connectivity index (χ1) is 15.2. The smallest absolute Gasteiger partial charge is 0.243 e. The molecule has 0 atom stereocenters. The van der Waals surface area contributed by atoms with Gasteiger partial charge in [0.1, 0.15) is 11.0 Å². The maximum atomic E-state index is 11.9. The molecule has 1 saturated carbocycles. The van der Waals surface area contributed by atoms with E-state index in [0.717, 1.165) is 29.9 Å². The number of carbonyl (C=O) groups is 1. The van der Waals surface area contributed by atoms with Crippen molar-refractivity contribution in [3.63, 3.8) is 0 Å². The molecule has 0 aliphatic heterocycles. The molecule has 1 fully saturated rings. The van der Waals surface area contributed by atoms with E-state index in [0.29, 0.717) is 35.8 Å². The van der Waals surface area contributed by atoms with Gasteiger partial charge in [-0.05, 0) is 37.8 Å². The highest BCUT2D eigenvalue weighted by Gasteiger charge is 2.25. The van der Waals surface area contributed by atoms with Crippen LogP contribution in [0.25, 0.3) is 5.52 Å². The second-order valence-corrected chi connectivity index (χ2v) is 8.24. The number of aromatic amines is 1. The molecule has 5 rings (SSSR count). The standard InChI is InChI=1S/C19H22N10OS/c30-16(23-19-27-21-11-31-19)5-1-2-8-20-18-24-17(14-4-3-9-29(14)28-18)22-15-10-13(25-26-15)12-6-7-12/h3-4,9-12H,1-2,5-8H2,(H,23,27,30)(H3,20,22,24,25,26,28). The summed E-state index contributed by atoms with van der Waals surface area (Å²) in [5.74, 6) is 2.50. The number of fused-ring (bicyclic) bond motifs is 1. The van der Waals surface area contributed by atoms with Crippen LogP contribution in [0.2, 0.25) is 0 Å². The Morgan fingerprint density at radius 1 is 1.32 bits per heavy atom. The highest BCUT2D eigenvalue weighted by Crippen LogP contribution is 2.39. The van der Waals surface area contributed by atoms with Crippen molar-refractivity contribution in [2.24, 2.45) is 0 Å².